The molecule has 0 bridgehead atoms. The van der Waals surface area contributed by atoms with Crippen molar-refractivity contribution in [1.29, 1.82) is 0 Å². The van der Waals surface area contributed by atoms with Crippen molar-refractivity contribution in [3.63, 3.8) is 0 Å². The molecule has 0 saturated carbocycles. The molecule has 1 N–H and O–H groups in total. The van der Waals surface area contributed by atoms with E-state index in [-0.39, 0.29) is 22.2 Å². The molecule has 38 heavy (non-hydrogen) atoms. The summed E-state index contributed by atoms with van der Waals surface area (Å²) >= 11 is 12.0. The molecule has 0 aliphatic carbocycles. The number of hydrogen-bond acceptors (Lipinski definition) is 5. The molecule has 0 unspecified atom stereocenters. The normalized spacial score (nSPS) is 11.1. The highest BCUT2D eigenvalue weighted by atomic mass is 35.5. The number of rotatable bonds is 18. The highest BCUT2D eigenvalue weighted by molar-refractivity contribution is 6.36. The Bertz CT molecular complexity index is 1040. The minimum absolute atomic E-state index is 0.104. The van der Waals surface area contributed by atoms with Crippen LogP contribution in [0.25, 0.3) is 0 Å². The maximum Gasteiger partial charge on any atom is 0.345 e. The molecule has 0 aromatic heterocycles. The maximum atomic E-state index is 12.6. The lowest BCUT2D eigenvalue weighted by atomic mass is 10.1. The molecule has 6 nitrogen and oxygen atoms in total. The van der Waals surface area contributed by atoms with Crippen LogP contribution in [0.1, 0.15) is 107 Å². The molecule has 8 heteroatoms. The summed E-state index contributed by atoms with van der Waals surface area (Å²) < 4.78 is 11.1. The Morgan fingerprint density at radius 2 is 1.50 bits per heavy atom. The van der Waals surface area contributed by atoms with Gasteiger partial charge in [-0.1, -0.05) is 94.3 Å². The Balaban J connectivity index is 1.74. The third kappa shape index (κ3) is 12.3. The number of nitrogens with zero attached hydrogens (tertiary/aromatic N) is 1. The van der Waals surface area contributed by atoms with Gasteiger partial charge in [0.2, 0.25) is 5.91 Å². The van der Waals surface area contributed by atoms with E-state index in [1.165, 1.54) is 76.1 Å². The third-order valence-corrected chi connectivity index (χ3v) is 6.58. The van der Waals surface area contributed by atoms with Crippen LogP contribution in [0, 0.1) is 0 Å². The molecule has 0 aliphatic heterocycles. The molecule has 0 spiro atoms. The van der Waals surface area contributed by atoms with Gasteiger partial charge in [0.1, 0.15) is 0 Å². The Labute approximate surface area is 237 Å². The Kier molecular flexibility index (Phi) is 15.5. The number of esters is 1. The van der Waals surface area contributed by atoms with Crippen molar-refractivity contribution in [3.05, 3.63) is 57.6 Å². The fourth-order valence-corrected chi connectivity index (χ4v) is 4.44. The van der Waals surface area contributed by atoms with Crippen LogP contribution in [-0.4, -0.2) is 24.7 Å². The maximum absolute atomic E-state index is 12.6. The second kappa shape index (κ2) is 18.6. The minimum atomic E-state index is -0.622. The number of halogens is 2. The van der Waals surface area contributed by atoms with Gasteiger partial charge in [0.15, 0.2) is 11.5 Å². The first kappa shape index (κ1) is 31.6. The fraction of sp³-hybridized carbons (Fsp3) is 0.500. The quantitative estimate of drug-likeness (QED) is 0.0647. The number of ether oxygens (including phenoxy) is 2. The van der Waals surface area contributed by atoms with E-state index < -0.39 is 5.97 Å². The second-order valence-electron chi connectivity index (χ2n) is 9.23. The van der Waals surface area contributed by atoms with Gasteiger partial charge >= 0.3 is 5.97 Å². The average Bonchev–Trinajstić information content (AvgIpc) is 2.88. The molecule has 0 radical (unpaired) electrons. The van der Waals surface area contributed by atoms with Gasteiger partial charge in [0, 0.05) is 11.4 Å². The number of unbranched alkanes of at least 4 members (excludes halogenated alkanes) is 10. The van der Waals surface area contributed by atoms with Crippen LogP contribution in [0.2, 0.25) is 10.0 Å². The van der Waals surface area contributed by atoms with E-state index in [0.717, 1.165) is 12.8 Å². The summed E-state index contributed by atoms with van der Waals surface area (Å²) in [6, 6.07) is 9.57. The van der Waals surface area contributed by atoms with Gasteiger partial charge < -0.3 is 9.47 Å². The van der Waals surface area contributed by atoms with Crippen LogP contribution < -0.4 is 14.9 Å². The fourth-order valence-electron chi connectivity index (χ4n) is 3.95. The second-order valence-corrected chi connectivity index (χ2v) is 10.1. The number of hydrogen-bond donors (Lipinski definition) is 1. The molecule has 0 atom stereocenters. The van der Waals surface area contributed by atoms with Gasteiger partial charge in [-0.05, 0) is 55.3 Å². The van der Waals surface area contributed by atoms with Crippen LogP contribution in [0.5, 0.6) is 11.5 Å². The van der Waals surface area contributed by atoms with Gasteiger partial charge in [-0.3, -0.25) is 4.79 Å². The van der Waals surface area contributed by atoms with Crippen molar-refractivity contribution in [2.75, 3.05) is 6.61 Å². The predicted octanol–water partition coefficient (Wildman–Crippen LogP) is 8.76. The van der Waals surface area contributed by atoms with Gasteiger partial charge in [0.05, 0.1) is 23.4 Å². The lowest BCUT2D eigenvalue weighted by Crippen LogP contribution is -2.16. The standard InChI is InChI=1S/C30H40Cl2N2O4/c1-3-5-6-7-8-9-10-11-12-13-14-15-29(35)34-33-22-23-16-19-27(28(20-23)37-4-2)38-30(36)25-18-17-24(31)21-26(25)32/h16-22H,3-15H2,1-2H3,(H,34,35). The molecular formula is C30H40Cl2N2O4. The van der Waals surface area contributed by atoms with E-state index in [9.17, 15) is 9.59 Å². The van der Waals surface area contributed by atoms with Crippen molar-refractivity contribution in [2.24, 2.45) is 5.10 Å². The zero-order chi connectivity index (χ0) is 27.6. The van der Waals surface area contributed by atoms with Crippen molar-refractivity contribution in [3.8, 4) is 11.5 Å². The Morgan fingerprint density at radius 3 is 2.13 bits per heavy atom. The highest BCUT2D eigenvalue weighted by Crippen LogP contribution is 2.30. The molecule has 0 fully saturated rings. The molecule has 0 saturated heterocycles. The summed E-state index contributed by atoms with van der Waals surface area (Å²) in [7, 11) is 0. The molecule has 2 aromatic rings. The number of amides is 1. The van der Waals surface area contributed by atoms with Crippen LogP contribution in [0.4, 0.5) is 0 Å². The molecule has 2 aromatic carbocycles. The summed E-state index contributed by atoms with van der Waals surface area (Å²) in [5.74, 6) is -0.0981. The van der Waals surface area contributed by atoms with E-state index in [4.69, 9.17) is 32.7 Å². The number of benzene rings is 2. The predicted molar refractivity (Wildman–Crippen MR) is 156 cm³/mol. The van der Waals surface area contributed by atoms with E-state index in [0.29, 0.717) is 29.4 Å². The van der Waals surface area contributed by atoms with Gasteiger partial charge in [0.25, 0.3) is 0 Å². The summed E-state index contributed by atoms with van der Waals surface area (Å²) in [4.78, 5) is 24.7. The molecule has 0 aliphatic rings. The number of carbonyl (C=O) groups is 2. The largest absolute Gasteiger partial charge is 0.490 e. The monoisotopic (exact) mass is 562 g/mol. The first-order valence-electron chi connectivity index (χ1n) is 13.7. The van der Waals surface area contributed by atoms with Crippen molar-refractivity contribution >= 4 is 41.3 Å². The van der Waals surface area contributed by atoms with Crippen LogP contribution in [0.15, 0.2) is 41.5 Å². The Morgan fingerprint density at radius 1 is 0.842 bits per heavy atom. The molecular weight excluding hydrogens is 523 g/mol. The lowest BCUT2D eigenvalue weighted by molar-refractivity contribution is -0.121. The van der Waals surface area contributed by atoms with E-state index >= 15 is 0 Å². The zero-order valence-corrected chi connectivity index (χ0v) is 24.1. The van der Waals surface area contributed by atoms with E-state index in [1.54, 1.807) is 24.3 Å². The average molecular weight is 564 g/mol. The summed E-state index contributed by atoms with van der Waals surface area (Å²) in [5, 5.41) is 4.68. The number of carbonyl (C=O) groups excluding carboxylic acids is 2. The zero-order valence-electron chi connectivity index (χ0n) is 22.6. The molecule has 2 rings (SSSR count). The van der Waals surface area contributed by atoms with Crippen LogP contribution >= 0.6 is 23.2 Å². The van der Waals surface area contributed by atoms with Gasteiger partial charge in [-0.2, -0.15) is 5.10 Å². The minimum Gasteiger partial charge on any atom is -0.490 e. The lowest BCUT2D eigenvalue weighted by Gasteiger charge is -2.12. The smallest absolute Gasteiger partial charge is 0.345 e. The first-order chi connectivity index (χ1) is 18.4. The number of nitrogens with one attached hydrogen (secondary N) is 1. The SMILES string of the molecule is CCCCCCCCCCCCCC(=O)NN=Cc1ccc(OC(=O)c2ccc(Cl)cc2Cl)c(OCC)c1. The molecule has 0 heterocycles. The molecule has 208 valence electrons. The summed E-state index contributed by atoms with van der Waals surface area (Å²) in [6.07, 6.45) is 15.7. The highest BCUT2D eigenvalue weighted by Gasteiger charge is 2.16. The Hall–Kier alpha value is -2.57. The van der Waals surface area contributed by atoms with E-state index in [1.807, 2.05) is 6.92 Å². The number of hydrazone groups is 1. The summed E-state index contributed by atoms with van der Waals surface area (Å²) in [6.45, 7) is 4.45. The van der Waals surface area contributed by atoms with Crippen LogP contribution in [-0.2, 0) is 4.79 Å². The summed E-state index contributed by atoms with van der Waals surface area (Å²) in [5.41, 5.74) is 3.46. The molecule has 1 amide bonds. The van der Waals surface area contributed by atoms with Gasteiger partial charge in [-0.25, -0.2) is 10.2 Å². The first-order valence-corrected chi connectivity index (χ1v) is 14.5. The van der Waals surface area contributed by atoms with Crippen molar-refractivity contribution in [2.45, 2.75) is 90.9 Å². The van der Waals surface area contributed by atoms with Crippen molar-refractivity contribution in [1.82, 2.24) is 5.43 Å². The topological polar surface area (TPSA) is 77.0 Å². The van der Waals surface area contributed by atoms with Crippen molar-refractivity contribution < 1.29 is 19.1 Å². The third-order valence-electron chi connectivity index (χ3n) is 6.03. The van der Waals surface area contributed by atoms with Crippen LogP contribution in [0.3, 0.4) is 0 Å². The van der Waals surface area contributed by atoms with Gasteiger partial charge in [-0.15, -0.1) is 0 Å². The van der Waals surface area contributed by atoms with E-state index in [2.05, 4.69) is 17.5 Å².